The Kier molecular flexibility index (Phi) is 2.74. The highest BCUT2D eigenvalue weighted by atomic mass is 16.6. The topological polar surface area (TPSA) is 96.2 Å². The second kappa shape index (κ2) is 3.63. The van der Waals surface area contributed by atoms with Crippen LogP contribution in [0.15, 0.2) is 11.5 Å². The number of cyclic esters (lactones) is 1. The molecular weight excluding hydrogens is 180 g/mol. The molecule has 0 saturated heterocycles. The molecule has 3 N–H and O–H groups in total. The molecule has 2 atom stereocenters. The molecule has 1 aliphatic rings. The summed E-state index contributed by atoms with van der Waals surface area (Å²) in [6, 6.07) is 0. The van der Waals surface area contributed by atoms with Crippen LogP contribution in [0.5, 0.6) is 0 Å². The van der Waals surface area contributed by atoms with Crippen molar-refractivity contribution in [1.29, 1.82) is 0 Å². The molecular formula is C7H10O6. The minimum Gasteiger partial charge on any atom is -0.505 e. The van der Waals surface area contributed by atoms with Crippen molar-refractivity contribution in [3.63, 3.8) is 0 Å². The van der Waals surface area contributed by atoms with E-state index in [4.69, 9.17) is 10.2 Å². The number of hydrogen-bond donors (Lipinski definition) is 3. The highest BCUT2D eigenvalue weighted by Crippen LogP contribution is 2.21. The van der Waals surface area contributed by atoms with Gasteiger partial charge in [-0.25, -0.2) is 4.79 Å². The van der Waals surface area contributed by atoms with Crippen molar-refractivity contribution >= 4 is 5.97 Å². The third kappa shape index (κ3) is 1.73. The Bertz CT molecular complexity index is 245. The first-order valence-electron chi connectivity index (χ1n) is 3.58. The predicted octanol–water partition coefficient (Wildman–Crippen LogP) is -0.753. The van der Waals surface area contributed by atoms with Crippen molar-refractivity contribution in [3.05, 3.63) is 11.5 Å². The maximum atomic E-state index is 10.7. The summed E-state index contributed by atoms with van der Waals surface area (Å²) in [7, 11) is 1.35. The lowest BCUT2D eigenvalue weighted by Crippen LogP contribution is -2.32. The smallest absolute Gasteiger partial charge is 0.377 e. The average Bonchev–Trinajstić information content (AvgIpc) is 2.33. The monoisotopic (exact) mass is 190 g/mol. The molecule has 0 aromatic carbocycles. The summed E-state index contributed by atoms with van der Waals surface area (Å²) in [4.78, 5) is 10.7. The molecule has 0 bridgehead atoms. The molecule has 6 heteroatoms. The molecule has 1 heterocycles. The number of rotatable bonds is 3. The van der Waals surface area contributed by atoms with Gasteiger partial charge in [-0.2, -0.15) is 0 Å². The van der Waals surface area contributed by atoms with Crippen molar-refractivity contribution in [2.24, 2.45) is 0 Å². The van der Waals surface area contributed by atoms with Gasteiger partial charge < -0.3 is 24.8 Å². The SMILES string of the molecule is COC[C@H](O)[C@H]1OC(=O)C(O)=C1O. The fourth-order valence-corrected chi connectivity index (χ4v) is 0.985. The van der Waals surface area contributed by atoms with Gasteiger partial charge in [-0.05, 0) is 0 Å². The summed E-state index contributed by atoms with van der Waals surface area (Å²) in [6.07, 6.45) is -2.41. The molecule has 0 radical (unpaired) electrons. The van der Waals surface area contributed by atoms with Crippen LogP contribution in [-0.2, 0) is 14.3 Å². The van der Waals surface area contributed by atoms with Crippen LogP contribution in [0.25, 0.3) is 0 Å². The number of methoxy groups -OCH3 is 1. The molecule has 6 nitrogen and oxygen atoms in total. The number of hydrogen-bond acceptors (Lipinski definition) is 6. The van der Waals surface area contributed by atoms with Gasteiger partial charge in [0.2, 0.25) is 5.76 Å². The number of esters is 1. The summed E-state index contributed by atoms with van der Waals surface area (Å²) < 4.78 is 9.04. The minimum absolute atomic E-state index is 0.102. The minimum atomic E-state index is -1.23. The maximum absolute atomic E-state index is 10.7. The van der Waals surface area contributed by atoms with E-state index in [2.05, 4.69) is 9.47 Å². The Balaban J connectivity index is 2.70. The first kappa shape index (κ1) is 9.82. The highest BCUT2D eigenvalue weighted by molar-refractivity contribution is 5.89. The largest absolute Gasteiger partial charge is 0.505 e. The third-order valence-corrected chi connectivity index (χ3v) is 1.63. The van der Waals surface area contributed by atoms with E-state index in [0.717, 1.165) is 0 Å². The number of aliphatic hydroxyl groups excluding tert-OH is 3. The molecule has 0 unspecified atom stereocenters. The summed E-state index contributed by atoms with van der Waals surface area (Å²) in [5.41, 5.74) is 0. The van der Waals surface area contributed by atoms with E-state index in [1.807, 2.05) is 0 Å². The number of aliphatic hydroxyl groups is 3. The fraction of sp³-hybridized carbons (Fsp3) is 0.571. The average molecular weight is 190 g/mol. The lowest BCUT2D eigenvalue weighted by Gasteiger charge is -2.15. The molecule has 0 spiro atoms. The quantitative estimate of drug-likeness (QED) is 0.506. The van der Waals surface area contributed by atoms with Crippen LogP contribution in [0.2, 0.25) is 0 Å². The van der Waals surface area contributed by atoms with Crippen molar-refractivity contribution in [2.75, 3.05) is 13.7 Å². The second-order valence-corrected chi connectivity index (χ2v) is 2.58. The van der Waals surface area contributed by atoms with E-state index in [9.17, 15) is 9.90 Å². The zero-order valence-electron chi connectivity index (χ0n) is 6.93. The van der Waals surface area contributed by atoms with Gasteiger partial charge in [0.05, 0.1) is 6.61 Å². The Morgan fingerprint density at radius 2 is 2.23 bits per heavy atom. The van der Waals surface area contributed by atoms with Gasteiger partial charge in [0.25, 0.3) is 0 Å². The molecule has 1 aliphatic heterocycles. The standard InChI is InChI=1S/C7H10O6/c1-12-2-3(8)6-4(9)5(10)7(11)13-6/h3,6,8-10H,2H2,1H3/t3-,6+/m0/s1. The van der Waals surface area contributed by atoms with E-state index in [1.54, 1.807) is 0 Å². The van der Waals surface area contributed by atoms with Gasteiger partial charge in [0.1, 0.15) is 6.10 Å². The lowest BCUT2D eigenvalue weighted by molar-refractivity contribution is -0.148. The van der Waals surface area contributed by atoms with Crippen LogP contribution in [0.3, 0.4) is 0 Å². The summed E-state index contributed by atoms with van der Waals surface area (Å²) in [5, 5.41) is 27.2. The molecule has 0 aliphatic carbocycles. The predicted molar refractivity (Wildman–Crippen MR) is 40.0 cm³/mol. The van der Waals surface area contributed by atoms with E-state index < -0.39 is 29.7 Å². The van der Waals surface area contributed by atoms with Gasteiger partial charge in [0.15, 0.2) is 11.9 Å². The van der Waals surface area contributed by atoms with Crippen LogP contribution in [0, 0.1) is 0 Å². The Labute approximate surface area is 74.0 Å². The Hall–Kier alpha value is -1.27. The normalized spacial score (nSPS) is 24.8. The Morgan fingerprint density at radius 1 is 1.62 bits per heavy atom. The first-order chi connectivity index (χ1) is 6.07. The summed E-state index contributed by atoms with van der Waals surface area (Å²) >= 11 is 0. The number of ether oxygens (including phenoxy) is 2. The van der Waals surface area contributed by atoms with Gasteiger partial charge in [-0.3, -0.25) is 0 Å². The van der Waals surface area contributed by atoms with Gasteiger partial charge >= 0.3 is 5.97 Å². The summed E-state index contributed by atoms with van der Waals surface area (Å²) in [6.45, 7) is -0.102. The van der Waals surface area contributed by atoms with E-state index >= 15 is 0 Å². The van der Waals surface area contributed by atoms with Crippen LogP contribution < -0.4 is 0 Å². The second-order valence-electron chi connectivity index (χ2n) is 2.58. The number of carbonyl (C=O) groups is 1. The molecule has 0 amide bonds. The van der Waals surface area contributed by atoms with Crippen LogP contribution >= 0.6 is 0 Å². The van der Waals surface area contributed by atoms with Crippen molar-refractivity contribution in [1.82, 2.24) is 0 Å². The van der Waals surface area contributed by atoms with E-state index in [0.29, 0.717) is 0 Å². The molecule has 0 aromatic heterocycles. The first-order valence-corrected chi connectivity index (χ1v) is 3.58. The zero-order valence-corrected chi connectivity index (χ0v) is 6.93. The number of carbonyl (C=O) groups excluding carboxylic acids is 1. The third-order valence-electron chi connectivity index (χ3n) is 1.63. The Morgan fingerprint density at radius 3 is 2.62 bits per heavy atom. The highest BCUT2D eigenvalue weighted by Gasteiger charge is 2.39. The van der Waals surface area contributed by atoms with Crippen LogP contribution in [-0.4, -0.2) is 47.2 Å². The molecule has 13 heavy (non-hydrogen) atoms. The molecule has 0 aromatic rings. The molecule has 74 valence electrons. The zero-order chi connectivity index (χ0) is 10.0. The maximum Gasteiger partial charge on any atom is 0.377 e. The van der Waals surface area contributed by atoms with Crippen LogP contribution in [0.1, 0.15) is 0 Å². The van der Waals surface area contributed by atoms with Crippen molar-refractivity contribution in [2.45, 2.75) is 12.2 Å². The van der Waals surface area contributed by atoms with E-state index in [-0.39, 0.29) is 6.61 Å². The van der Waals surface area contributed by atoms with Crippen LogP contribution in [0.4, 0.5) is 0 Å². The fourth-order valence-electron chi connectivity index (χ4n) is 0.985. The van der Waals surface area contributed by atoms with E-state index in [1.165, 1.54) is 7.11 Å². The molecule has 0 saturated carbocycles. The molecule has 1 rings (SSSR count). The van der Waals surface area contributed by atoms with Crippen molar-refractivity contribution in [3.8, 4) is 0 Å². The van der Waals surface area contributed by atoms with Gasteiger partial charge in [-0.1, -0.05) is 0 Å². The lowest BCUT2D eigenvalue weighted by atomic mass is 10.2. The van der Waals surface area contributed by atoms with Crippen molar-refractivity contribution < 1.29 is 29.6 Å². The summed E-state index contributed by atoms with van der Waals surface area (Å²) in [5.74, 6) is -2.56. The van der Waals surface area contributed by atoms with Gasteiger partial charge in [0, 0.05) is 7.11 Å². The van der Waals surface area contributed by atoms with Gasteiger partial charge in [-0.15, -0.1) is 0 Å². The molecule has 0 fully saturated rings.